The summed E-state index contributed by atoms with van der Waals surface area (Å²) in [6.07, 6.45) is -0.0445. The molecule has 2 aliphatic heterocycles. The number of rotatable bonds is 5. The number of aromatic hydroxyl groups is 1. The zero-order valence-corrected chi connectivity index (χ0v) is 19.5. The van der Waals surface area contributed by atoms with Crippen molar-refractivity contribution in [2.24, 2.45) is 5.73 Å². The van der Waals surface area contributed by atoms with Gasteiger partial charge in [0.1, 0.15) is 22.5 Å². The minimum atomic E-state index is -3.93. The summed E-state index contributed by atoms with van der Waals surface area (Å²) in [4.78, 5) is 26.8. The average molecular weight is 507 g/mol. The number of fused-ring (bicyclic) bond motifs is 1. The third kappa shape index (κ3) is 4.10. The molecule has 0 aliphatic carbocycles. The highest BCUT2D eigenvalue weighted by Crippen LogP contribution is 2.44. The number of nitrogens with zero attached hydrogens (tertiary/aromatic N) is 1. The molecule has 1 fully saturated rings. The first-order valence-electron chi connectivity index (χ1n) is 10.4. The van der Waals surface area contributed by atoms with Crippen molar-refractivity contribution in [3.05, 3.63) is 58.1 Å². The Bertz CT molecular complexity index is 1300. The maximum Gasteiger partial charge on any atom is 0.259 e. The lowest BCUT2D eigenvalue weighted by Crippen LogP contribution is -2.63. The third-order valence-corrected chi connectivity index (χ3v) is 8.20. The van der Waals surface area contributed by atoms with Gasteiger partial charge in [-0.05, 0) is 24.1 Å². The number of carbonyl (C=O) groups excluding carboxylic acids is 2. The van der Waals surface area contributed by atoms with Gasteiger partial charge in [0, 0.05) is 35.7 Å². The number of benzene rings is 2. The van der Waals surface area contributed by atoms with Crippen molar-refractivity contribution in [2.45, 2.75) is 35.9 Å². The molecule has 10 nitrogen and oxygen atoms in total. The molecule has 34 heavy (non-hydrogen) atoms. The zero-order valence-electron chi connectivity index (χ0n) is 17.9. The number of amidine groups is 1. The lowest BCUT2D eigenvalue weighted by atomic mass is 9.86. The van der Waals surface area contributed by atoms with Gasteiger partial charge in [-0.2, -0.15) is 0 Å². The number of halogens is 1. The summed E-state index contributed by atoms with van der Waals surface area (Å²) in [5.41, 5.74) is 4.22. The van der Waals surface area contributed by atoms with Gasteiger partial charge in [0.25, 0.3) is 5.91 Å². The Morgan fingerprint density at radius 2 is 1.94 bits per heavy atom. The number of aliphatic hydroxyl groups is 1. The van der Waals surface area contributed by atoms with Gasteiger partial charge in [0.15, 0.2) is 15.4 Å². The molecule has 2 amide bonds. The van der Waals surface area contributed by atoms with Gasteiger partial charge in [-0.15, -0.1) is 0 Å². The number of carbonyl (C=O) groups is 2. The molecule has 0 aromatic heterocycles. The SMILES string of the molecule is N=C(N)c1ccc(CNC(=O)[C@@H]2CCN2C(=O)[C@@]2(O)CCS(=O)(=O)c3c(O)cc(Cl)cc32)cc1. The topological polar surface area (TPSA) is 174 Å². The Balaban J connectivity index is 1.51. The molecule has 1 saturated heterocycles. The van der Waals surface area contributed by atoms with Crippen LogP contribution in [0.4, 0.5) is 0 Å². The predicted molar refractivity (Wildman–Crippen MR) is 123 cm³/mol. The summed E-state index contributed by atoms with van der Waals surface area (Å²) in [6.45, 7) is 0.394. The van der Waals surface area contributed by atoms with E-state index in [1.54, 1.807) is 24.3 Å². The van der Waals surface area contributed by atoms with E-state index in [4.69, 9.17) is 22.7 Å². The van der Waals surface area contributed by atoms with Gasteiger partial charge in [-0.3, -0.25) is 15.0 Å². The van der Waals surface area contributed by atoms with Gasteiger partial charge in [0.2, 0.25) is 5.91 Å². The van der Waals surface area contributed by atoms with E-state index in [9.17, 15) is 28.2 Å². The summed E-state index contributed by atoms with van der Waals surface area (Å²) < 4.78 is 25.0. The molecule has 2 aliphatic rings. The number of hydrogen-bond acceptors (Lipinski definition) is 7. The van der Waals surface area contributed by atoms with Crippen LogP contribution in [0, 0.1) is 5.41 Å². The first-order chi connectivity index (χ1) is 15.9. The first kappa shape index (κ1) is 24.0. The monoisotopic (exact) mass is 506 g/mol. The Morgan fingerprint density at radius 3 is 2.53 bits per heavy atom. The fraction of sp³-hybridized carbons (Fsp3) is 0.318. The average Bonchev–Trinajstić information content (AvgIpc) is 2.74. The van der Waals surface area contributed by atoms with E-state index in [1.807, 2.05) is 0 Å². The van der Waals surface area contributed by atoms with Crippen LogP contribution in [0.15, 0.2) is 41.3 Å². The van der Waals surface area contributed by atoms with E-state index in [0.29, 0.717) is 12.0 Å². The molecule has 2 heterocycles. The Hall–Kier alpha value is -3.15. The molecule has 12 heteroatoms. The molecule has 4 rings (SSSR count). The second kappa shape index (κ2) is 8.57. The molecule has 0 radical (unpaired) electrons. The Kier molecular flexibility index (Phi) is 6.05. The number of nitrogen functional groups attached to an aromatic ring is 1. The first-order valence-corrected chi connectivity index (χ1v) is 12.5. The van der Waals surface area contributed by atoms with Crippen LogP contribution in [-0.4, -0.2) is 59.5 Å². The molecule has 2 aromatic rings. The second-order valence-corrected chi connectivity index (χ2v) is 10.8. The maximum absolute atomic E-state index is 13.3. The van der Waals surface area contributed by atoms with E-state index in [0.717, 1.165) is 17.7 Å². The lowest BCUT2D eigenvalue weighted by molar-refractivity contribution is -0.165. The van der Waals surface area contributed by atoms with Crippen molar-refractivity contribution in [2.75, 3.05) is 12.3 Å². The van der Waals surface area contributed by atoms with Crippen LogP contribution in [0.2, 0.25) is 5.02 Å². The van der Waals surface area contributed by atoms with E-state index in [2.05, 4.69) is 5.32 Å². The van der Waals surface area contributed by atoms with Crippen molar-refractivity contribution in [1.82, 2.24) is 10.2 Å². The zero-order chi connectivity index (χ0) is 24.8. The van der Waals surface area contributed by atoms with Gasteiger partial charge in [-0.25, -0.2) is 8.42 Å². The molecule has 0 spiro atoms. The number of nitrogens with two attached hydrogens (primary N) is 1. The number of phenols is 1. The standard InChI is InChI=1S/C22H23ClN4O6S/c23-14-9-15-18(17(28)10-14)34(32,33)8-6-22(15,31)21(30)27-7-5-16(27)20(29)26-11-12-1-3-13(4-2-12)19(24)25/h1-4,9-10,16,28,31H,5-8,11H2,(H3,24,25)(H,26,29)/t16-,22+/m0/s1. The van der Waals surface area contributed by atoms with Crippen molar-refractivity contribution in [1.29, 1.82) is 5.41 Å². The summed E-state index contributed by atoms with van der Waals surface area (Å²) in [5.74, 6) is -2.48. The van der Waals surface area contributed by atoms with E-state index < -0.39 is 56.1 Å². The quantitative estimate of drug-likeness (QED) is 0.291. The van der Waals surface area contributed by atoms with Crippen LogP contribution in [0.3, 0.4) is 0 Å². The van der Waals surface area contributed by atoms with Crippen LogP contribution >= 0.6 is 11.6 Å². The van der Waals surface area contributed by atoms with Crippen molar-refractivity contribution < 1.29 is 28.2 Å². The molecule has 2 aromatic carbocycles. The normalized spacial score (nSPS) is 22.9. The fourth-order valence-corrected chi connectivity index (χ4v) is 6.13. The maximum atomic E-state index is 13.3. The van der Waals surface area contributed by atoms with E-state index in [-0.39, 0.29) is 29.5 Å². The molecule has 0 bridgehead atoms. The number of hydrogen-bond donors (Lipinski definition) is 5. The number of nitrogens with one attached hydrogen (secondary N) is 2. The van der Waals surface area contributed by atoms with Gasteiger partial charge in [-0.1, -0.05) is 35.9 Å². The number of amides is 2. The molecule has 180 valence electrons. The fourth-order valence-electron chi connectivity index (χ4n) is 4.20. The summed E-state index contributed by atoms with van der Waals surface area (Å²) in [5, 5.41) is 31.6. The molecule has 0 unspecified atom stereocenters. The molecule has 6 N–H and O–H groups in total. The van der Waals surface area contributed by atoms with Crippen LogP contribution in [-0.2, 0) is 31.6 Å². The van der Waals surface area contributed by atoms with Crippen molar-refractivity contribution >= 4 is 39.1 Å². The van der Waals surface area contributed by atoms with Gasteiger partial charge >= 0.3 is 0 Å². The van der Waals surface area contributed by atoms with E-state index >= 15 is 0 Å². The molecular formula is C22H23ClN4O6S. The minimum absolute atomic E-state index is 0.0340. The Morgan fingerprint density at radius 1 is 1.26 bits per heavy atom. The summed E-state index contributed by atoms with van der Waals surface area (Å²) in [6, 6.07) is 8.13. The highest BCUT2D eigenvalue weighted by molar-refractivity contribution is 7.91. The minimum Gasteiger partial charge on any atom is -0.507 e. The summed E-state index contributed by atoms with van der Waals surface area (Å²) >= 11 is 5.97. The number of sulfone groups is 1. The molecular weight excluding hydrogens is 484 g/mol. The highest BCUT2D eigenvalue weighted by Gasteiger charge is 2.52. The third-order valence-electron chi connectivity index (χ3n) is 6.19. The smallest absolute Gasteiger partial charge is 0.259 e. The number of likely N-dealkylation sites (tertiary alicyclic amines) is 1. The lowest BCUT2D eigenvalue weighted by Gasteiger charge is -2.45. The van der Waals surface area contributed by atoms with Crippen LogP contribution in [0.1, 0.15) is 29.5 Å². The summed E-state index contributed by atoms with van der Waals surface area (Å²) in [7, 11) is -3.93. The largest absolute Gasteiger partial charge is 0.507 e. The van der Waals surface area contributed by atoms with E-state index in [1.165, 1.54) is 4.90 Å². The number of phenolic OH excluding ortho intramolecular Hbond substituents is 1. The molecule has 0 saturated carbocycles. The van der Waals surface area contributed by atoms with Gasteiger partial charge < -0.3 is 26.2 Å². The van der Waals surface area contributed by atoms with Gasteiger partial charge in [0.05, 0.1) is 5.75 Å². The second-order valence-electron chi connectivity index (χ2n) is 8.36. The highest BCUT2D eigenvalue weighted by atomic mass is 35.5. The van der Waals surface area contributed by atoms with Crippen LogP contribution in [0.5, 0.6) is 5.75 Å². The Labute approximate surface area is 200 Å². The van der Waals surface area contributed by atoms with Crippen molar-refractivity contribution in [3.63, 3.8) is 0 Å². The van der Waals surface area contributed by atoms with Crippen LogP contribution < -0.4 is 11.1 Å². The van der Waals surface area contributed by atoms with Crippen molar-refractivity contribution in [3.8, 4) is 5.75 Å². The predicted octanol–water partition coefficient (Wildman–Crippen LogP) is 0.612. The van der Waals surface area contributed by atoms with Crippen LogP contribution in [0.25, 0.3) is 0 Å². The molecule has 2 atom stereocenters.